The zero-order chi connectivity index (χ0) is 15.4. The molecule has 0 radical (unpaired) electrons. The topological polar surface area (TPSA) is 49.4 Å². The predicted octanol–water partition coefficient (Wildman–Crippen LogP) is 2.52. The number of carbonyl (C=O) groups is 1. The lowest BCUT2D eigenvalue weighted by molar-refractivity contribution is 0.199. The van der Waals surface area contributed by atoms with Gasteiger partial charge in [-0.3, -0.25) is 4.21 Å². The Balaban J connectivity index is 1.47. The van der Waals surface area contributed by atoms with Crippen LogP contribution in [0.1, 0.15) is 11.1 Å². The van der Waals surface area contributed by atoms with Gasteiger partial charge in [0.15, 0.2) is 0 Å². The minimum absolute atomic E-state index is 0.0961. The summed E-state index contributed by atoms with van der Waals surface area (Å²) in [6, 6.07) is 17.3. The fourth-order valence-corrected chi connectivity index (χ4v) is 3.51. The van der Waals surface area contributed by atoms with Crippen LogP contribution in [0.3, 0.4) is 0 Å². The Labute approximate surface area is 132 Å². The van der Waals surface area contributed by atoms with Gasteiger partial charge in [-0.2, -0.15) is 0 Å². The molecule has 0 bridgehead atoms. The zero-order valence-corrected chi connectivity index (χ0v) is 13.0. The van der Waals surface area contributed by atoms with Gasteiger partial charge in [-0.25, -0.2) is 4.79 Å². The van der Waals surface area contributed by atoms with E-state index in [-0.39, 0.29) is 6.03 Å². The van der Waals surface area contributed by atoms with E-state index in [1.165, 1.54) is 11.1 Å². The van der Waals surface area contributed by atoms with E-state index in [4.69, 9.17) is 0 Å². The fraction of sp³-hybridized carbons (Fsp3) is 0.235. The lowest BCUT2D eigenvalue weighted by Gasteiger charge is -2.16. The van der Waals surface area contributed by atoms with Crippen LogP contribution in [0.15, 0.2) is 59.5 Å². The molecule has 2 aromatic rings. The number of carbonyl (C=O) groups excluding carboxylic acids is 1. The summed E-state index contributed by atoms with van der Waals surface area (Å²) >= 11 is 0. The molecular weight excluding hydrogens is 296 g/mol. The van der Waals surface area contributed by atoms with E-state index in [0.717, 1.165) is 4.90 Å². The van der Waals surface area contributed by atoms with Crippen LogP contribution < -0.4 is 5.32 Å². The number of hydrogen-bond acceptors (Lipinski definition) is 2. The Bertz CT molecular complexity index is 663. The predicted molar refractivity (Wildman–Crippen MR) is 86.8 cm³/mol. The van der Waals surface area contributed by atoms with Crippen LogP contribution in [0.5, 0.6) is 0 Å². The Morgan fingerprint density at radius 1 is 1.00 bits per heavy atom. The van der Waals surface area contributed by atoms with Crippen molar-refractivity contribution in [3.8, 4) is 0 Å². The van der Waals surface area contributed by atoms with E-state index in [0.29, 0.717) is 25.4 Å². The molecule has 0 saturated carbocycles. The van der Waals surface area contributed by atoms with Gasteiger partial charge in [0.05, 0.1) is 10.8 Å². The molecule has 1 aliphatic heterocycles. The highest BCUT2D eigenvalue weighted by molar-refractivity contribution is 7.85. The molecule has 4 nitrogen and oxygen atoms in total. The summed E-state index contributed by atoms with van der Waals surface area (Å²) < 4.78 is 12.1. The van der Waals surface area contributed by atoms with E-state index in [1.807, 2.05) is 54.6 Å². The lowest BCUT2D eigenvalue weighted by atomic mass is 10.1. The van der Waals surface area contributed by atoms with Gasteiger partial charge < -0.3 is 10.2 Å². The minimum Gasteiger partial charge on any atom is -0.337 e. The number of benzene rings is 2. The Morgan fingerprint density at radius 2 is 1.59 bits per heavy atom. The summed E-state index contributed by atoms with van der Waals surface area (Å²) in [5, 5.41) is 2.85. The zero-order valence-electron chi connectivity index (χ0n) is 12.2. The highest BCUT2D eigenvalue weighted by Gasteiger charge is 2.22. The number of rotatable bonds is 4. The third-order valence-electron chi connectivity index (χ3n) is 3.70. The molecule has 1 heterocycles. The third kappa shape index (κ3) is 3.36. The molecule has 2 amide bonds. The Hall–Kier alpha value is -2.14. The summed E-state index contributed by atoms with van der Waals surface area (Å²) in [4.78, 5) is 14.7. The second kappa shape index (κ2) is 6.75. The van der Waals surface area contributed by atoms with E-state index in [9.17, 15) is 9.00 Å². The average Bonchev–Trinajstić information content (AvgIpc) is 2.99. The van der Waals surface area contributed by atoms with Gasteiger partial charge in [-0.15, -0.1) is 0 Å². The number of urea groups is 1. The average molecular weight is 314 g/mol. The van der Waals surface area contributed by atoms with Crippen molar-refractivity contribution in [3.63, 3.8) is 0 Å². The van der Waals surface area contributed by atoms with Crippen molar-refractivity contribution >= 4 is 16.8 Å². The van der Waals surface area contributed by atoms with Crippen LogP contribution in [-0.4, -0.2) is 27.4 Å². The first-order valence-electron chi connectivity index (χ1n) is 7.27. The molecule has 1 atom stereocenters. The number of fused-ring (bicyclic) bond motifs is 1. The molecule has 22 heavy (non-hydrogen) atoms. The van der Waals surface area contributed by atoms with E-state index in [2.05, 4.69) is 5.32 Å². The second-order valence-electron chi connectivity index (χ2n) is 5.22. The largest absolute Gasteiger partial charge is 0.337 e. The van der Waals surface area contributed by atoms with Crippen LogP contribution >= 0.6 is 0 Å². The monoisotopic (exact) mass is 314 g/mol. The van der Waals surface area contributed by atoms with Gasteiger partial charge in [0.2, 0.25) is 0 Å². The summed E-state index contributed by atoms with van der Waals surface area (Å²) in [5.74, 6) is 0.427. The normalized spacial score (nSPS) is 14.5. The summed E-state index contributed by atoms with van der Waals surface area (Å²) in [5.41, 5.74) is 2.40. The molecule has 5 heteroatoms. The maximum atomic E-state index is 12.1. The highest BCUT2D eigenvalue weighted by atomic mass is 32.2. The molecule has 0 saturated heterocycles. The molecule has 114 valence electrons. The number of hydrogen-bond donors (Lipinski definition) is 1. The number of nitrogens with one attached hydrogen (secondary N) is 1. The van der Waals surface area contributed by atoms with Crippen molar-refractivity contribution in [3.05, 3.63) is 65.7 Å². The van der Waals surface area contributed by atoms with Gasteiger partial charge in [-0.05, 0) is 23.3 Å². The molecule has 0 fully saturated rings. The summed E-state index contributed by atoms with van der Waals surface area (Å²) in [6.45, 7) is 1.70. The molecule has 0 aromatic heterocycles. The van der Waals surface area contributed by atoms with Crippen molar-refractivity contribution in [2.75, 3.05) is 12.3 Å². The quantitative estimate of drug-likeness (QED) is 0.943. The van der Waals surface area contributed by atoms with Crippen LogP contribution in [0.25, 0.3) is 0 Å². The SMILES string of the molecule is O=C(NCC[S@](=O)c1ccccc1)N1Cc2ccccc2C1. The van der Waals surface area contributed by atoms with Crippen LogP contribution in [-0.2, 0) is 23.9 Å². The van der Waals surface area contributed by atoms with E-state index >= 15 is 0 Å². The van der Waals surface area contributed by atoms with Gasteiger partial charge >= 0.3 is 6.03 Å². The van der Waals surface area contributed by atoms with E-state index < -0.39 is 10.8 Å². The molecule has 1 N–H and O–H groups in total. The minimum atomic E-state index is -1.07. The standard InChI is InChI=1S/C17H18N2O2S/c20-17(19-12-14-6-4-5-7-15(14)13-19)18-10-11-22(21)16-8-2-1-3-9-16/h1-9H,10-13H2,(H,18,20)/t22-/m0/s1. The fourth-order valence-electron chi connectivity index (χ4n) is 2.53. The molecule has 0 aliphatic carbocycles. The van der Waals surface area contributed by atoms with Gasteiger partial charge in [0, 0.05) is 30.3 Å². The maximum absolute atomic E-state index is 12.1. The molecular formula is C17H18N2O2S. The van der Waals surface area contributed by atoms with Crippen molar-refractivity contribution in [1.29, 1.82) is 0 Å². The number of nitrogens with zero attached hydrogens (tertiary/aromatic N) is 1. The van der Waals surface area contributed by atoms with Crippen LogP contribution in [0.2, 0.25) is 0 Å². The maximum Gasteiger partial charge on any atom is 0.318 e. The Kier molecular flexibility index (Phi) is 4.53. The summed E-state index contributed by atoms with van der Waals surface area (Å²) in [7, 11) is -1.07. The molecule has 0 spiro atoms. The van der Waals surface area contributed by atoms with Gasteiger partial charge in [0.25, 0.3) is 0 Å². The lowest BCUT2D eigenvalue weighted by Crippen LogP contribution is -2.38. The Morgan fingerprint density at radius 3 is 2.23 bits per heavy atom. The highest BCUT2D eigenvalue weighted by Crippen LogP contribution is 2.21. The smallest absolute Gasteiger partial charge is 0.318 e. The first-order valence-corrected chi connectivity index (χ1v) is 8.59. The van der Waals surface area contributed by atoms with Crippen LogP contribution in [0, 0.1) is 0 Å². The second-order valence-corrected chi connectivity index (χ2v) is 6.79. The number of amides is 2. The van der Waals surface area contributed by atoms with Gasteiger partial charge in [0.1, 0.15) is 0 Å². The molecule has 3 rings (SSSR count). The molecule has 0 unspecified atom stereocenters. The molecule has 1 aliphatic rings. The first kappa shape index (κ1) is 14.8. The first-order chi connectivity index (χ1) is 10.7. The molecule has 2 aromatic carbocycles. The van der Waals surface area contributed by atoms with Crippen molar-refractivity contribution in [1.82, 2.24) is 10.2 Å². The van der Waals surface area contributed by atoms with E-state index in [1.54, 1.807) is 4.90 Å². The third-order valence-corrected chi connectivity index (χ3v) is 5.07. The van der Waals surface area contributed by atoms with Crippen molar-refractivity contribution in [2.45, 2.75) is 18.0 Å². The van der Waals surface area contributed by atoms with Crippen molar-refractivity contribution in [2.24, 2.45) is 0 Å². The van der Waals surface area contributed by atoms with Gasteiger partial charge in [-0.1, -0.05) is 42.5 Å². The van der Waals surface area contributed by atoms with Crippen molar-refractivity contribution < 1.29 is 9.00 Å². The summed E-state index contributed by atoms with van der Waals surface area (Å²) in [6.07, 6.45) is 0. The van der Waals surface area contributed by atoms with Crippen LogP contribution in [0.4, 0.5) is 4.79 Å².